The van der Waals surface area contributed by atoms with Crippen molar-refractivity contribution in [1.82, 2.24) is 4.90 Å². The molecule has 0 aliphatic rings. The van der Waals surface area contributed by atoms with E-state index in [0.29, 0.717) is 18.0 Å². The summed E-state index contributed by atoms with van der Waals surface area (Å²) < 4.78 is 5.08. The number of carbonyl (C=O) groups excluding carboxylic acids is 1. The van der Waals surface area contributed by atoms with Gasteiger partial charge >= 0.3 is 0 Å². The molecular weight excluding hydrogens is 232 g/mol. The molecule has 0 unspecified atom stereocenters. The van der Waals surface area contributed by atoms with Crippen LogP contribution in [0.3, 0.4) is 0 Å². The number of nitrogens with zero attached hydrogens (tertiary/aromatic N) is 1. The van der Waals surface area contributed by atoms with Crippen molar-refractivity contribution in [3.05, 3.63) is 24.3 Å². The number of anilines is 1. The molecule has 0 radical (unpaired) electrons. The van der Waals surface area contributed by atoms with Crippen molar-refractivity contribution in [2.75, 3.05) is 38.7 Å². The molecule has 0 aliphatic heterocycles. The largest absolute Gasteiger partial charge is 0.497 e. The monoisotopic (exact) mass is 252 g/mol. The van der Waals surface area contributed by atoms with Gasteiger partial charge in [-0.05, 0) is 18.7 Å². The maximum absolute atomic E-state index is 11.8. The van der Waals surface area contributed by atoms with Crippen LogP contribution in [-0.4, -0.2) is 49.3 Å². The minimum Gasteiger partial charge on any atom is -0.497 e. The van der Waals surface area contributed by atoms with E-state index < -0.39 is 0 Å². The highest BCUT2D eigenvalue weighted by Gasteiger charge is 2.08. The number of hydrogen-bond acceptors (Lipinski definition) is 4. The molecule has 0 fully saturated rings. The molecule has 1 amide bonds. The van der Waals surface area contributed by atoms with Gasteiger partial charge in [-0.1, -0.05) is 13.0 Å². The normalized spacial score (nSPS) is 10.4. The third-order valence-corrected chi connectivity index (χ3v) is 2.58. The van der Waals surface area contributed by atoms with Crippen molar-refractivity contribution < 1.29 is 14.6 Å². The van der Waals surface area contributed by atoms with Crippen LogP contribution in [0.15, 0.2) is 24.3 Å². The van der Waals surface area contributed by atoms with Crippen molar-refractivity contribution in [2.45, 2.75) is 6.92 Å². The topological polar surface area (TPSA) is 61.8 Å². The lowest BCUT2D eigenvalue weighted by Crippen LogP contribution is -2.35. The molecule has 5 nitrogen and oxygen atoms in total. The molecule has 1 rings (SSSR count). The zero-order valence-electron chi connectivity index (χ0n) is 10.8. The zero-order valence-corrected chi connectivity index (χ0v) is 10.8. The summed E-state index contributed by atoms with van der Waals surface area (Å²) in [6.45, 7) is 3.51. The van der Waals surface area contributed by atoms with Crippen molar-refractivity contribution in [3.8, 4) is 5.75 Å². The quantitative estimate of drug-likeness (QED) is 0.758. The van der Waals surface area contributed by atoms with Gasteiger partial charge in [-0.2, -0.15) is 0 Å². The van der Waals surface area contributed by atoms with Crippen LogP contribution in [0, 0.1) is 0 Å². The van der Waals surface area contributed by atoms with Crippen LogP contribution < -0.4 is 10.1 Å². The second-order valence-corrected chi connectivity index (χ2v) is 3.87. The van der Waals surface area contributed by atoms with E-state index in [2.05, 4.69) is 5.32 Å². The van der Waals surface area contributed by atoms with E-state index in [1.54, 1.807) is 13.2 Å². The highest BCUT2D eigenvalue weighted by Crippen LogP contribution is 2.16. The van der Waals surface area contributed by atoms with Gasteiger partial charge in [0.1, 0.15) is 5.75 Å². The molecule has 0 aliphatic carbocycles. The Kier molecular flexibility index (Phi) is 6.18. The van der Waals surface area contributed by atoms with Gasteiger partial charge < -0.3 is 15.2 Å². The third kappa shape index (κ3) is 4.73. The number of benzene rings is 1. The Bertz CT molecular complexity index is 382. The average Bonchev–Trinajstić information content (AvgIpc) is 2.38. The first-order chi connectivity index (χ1) is 8.69. The minimum absolute atomic E-state index is 0.0558. The fraction of sp³-hybridized carbons (Fsp3) is 0.462. The SMILES string of the molecule is CCN(CCO)CC(=O)Nc1cccc(OC)c1. The van der Waals surface area contributed by atoms with E-state index in [9.17, 15) is 4.79 Å². The predicted molar refractivity (Wildman–Crippen MR) is 70.8 cm³/mol. The highest BCUT2D eigenvalue weighted by atomic mass is 16.5. The summed E-state index contributed by atoms with van der Waals surface area (Å²) in [5.41, 5.74) is 0.708. The molecule has 5 heteroatoms. The first-order valence-electron chi connectivity index (χ1n) is 5.96. The summed E-state index contributed by atoms with van der Waals surface area (Å²) >= 11 is 0. The third-order valence-electron chi connectivity index (χ3n) is 2.58. The lowest BCUT2D eigenvalue weighted by atomic mass is 10.3. The van der Waals surface area contributed by atoms with Gasteiger partial charge in [0.2, 0.25) is 5.91 Å². The molecule has 0 saturated heterocycles. The summed E-state index contributed by atoms with van der Waals surface area (Å²) in [4.78, 5) is 13.7. The number of likely N-dealkylation sites (N-methyl/N-ethyl adjacent to an activating group) is 1. The molecule has 1 aromatic rings. The van der Waals surface area contributed by atoms with E-state index in [0.717, 1.165) is 6.54 Å². The van der Waals surface area contributed by atoms with Crippen LogP contribution >= 0.6 is 0 Å². The zero-order chi connectivity index (χ0) is 13.4. The molecule has 0 bridgehead atoms. The average molecular weight is 252 g/mol. The van der Waals surface area contributed by atoms with E-state index >= 15 is 0 Å². The van der Waals surface area contributed by atoms with Gasteiger partial charge in [0.15, 0.2) is 0 Å². The van der Waals surface area contributed by atoms with Crippen LogP contribution in [0.2, 0.25) is 0 Å². The van der Waals surface area contributed by atoms with Gasteiger partial charge in [-0.3, -0.25) is 9.69 Å². The molecule has 0 spiro atoms. The number of aliphatic hydroxyl groups is 1. The number of nitrogens with one attached hydrogen (secondary N) is 1. The Morgan fingerprint density at radius 3 is 2.89 bits per heavy atom. The fourth-order valence-corrected chi connectivity index (χ4v) is 1.59. The van der Waals surface area contributed by atoms with Crippen molar-refractivity contribution in [3.63, 3.8) is 0 Å². The van der Waals surface area contributed by atoms with Gasteiger partial charge in [-0.15, -0.1) is 0 Å². The number of amides is 1. The van der Waals surface area contributed by atoms with Crippen molar-refractivity contribution in [2.24, 2.45) is 0 Å². The Morgan fingerprint density at radius 1 is 1.50 bits per heavy atom. The minimum atomic E-state index is -0.0986. The maximum Gasteiger partial charge on any atom is 0.238 e. The van der Waals surface area contributed by atoms with Gasteiger partial charge in [0.05, 0.1) is 20.3 Å². The van der Waals surface area contributed by atoms with Gasteiger partial charge in [0.25, 0.3) is 0 Å². The van der Waals surface area contributed by atoms with Crippen molar-refractivity contribution in [1.29, 1.82) is 0 Å². The van der Waals surface area contributed by atoms with Crippen LogP contribution in [0.1, 0.15) is 6.92 Å². The molecule has 0 aromatic heterocycles. The molecule has 100 valence electrons. The number of aliphatic hydroxyl groups excluding tert-OH is 1. The first kappa shape index (κ1) is 14.5. The molecular formula is C13H20N2O3. The lowest BCUT2D eigenvalue weighted by Gasteiger charge is -2.18. The van der Waals surface area contributed by atoms with E-state index in [-0.39, 0.29) is 19.1 Å². The first-order valence-corrected chi connectivity index (χ1v) is 5.96. The number of carbonyl (C=O) groups is 1. The Labute approximate surface area is 107 Å². The Balaban J connectivity index is 2.52. The summed E-state index contributed by atoms with van der Waals surface area (Å²) in [6, 6.07) is 7.21. The smallest absolute Gasteiger partial charge is 0.238 e. The summed E-state index contributed by atoms with van der Waals surface area (Å²) in [7, 11) is 1.58. The van der Waals surface area contributed by atoms with E-state index in [1.165, 1.54) is 0 Å². The second-order valence-electron chi connectivity index (χ2n) is 3.87. The van der Waals surface area contributed by atoms with Crippen LogP contribution in [0.25, 0.3) is 0 Å². The lowest BCUT2D eigenvalue weighted by molar-refractivity contribution is -0.117. The predicted octanol–water partition coefficient (Wildman–Crippen LogP) is 0.948. The van der Waals surface area contributed by atoms with Crippen LogP contribution in [-0.2, 0) is 4.79 Å². The fourth-order valence-electron chi connectivity index (χ4n) is 1.59. The summed E-state index contributed by atoms with van der Waals surface area (Å²) in [5, 5.41) is 11.6. The molecule has 0 saturated carbocycles. The highest BCUT2D eigenvalue weighted by molar-refractivity contribution is 5.92. The summed E-state index contributed by atoms with van der Waals surface area (Å²) in [6.07, 6.45) is 0. The number of methoxy groups -OCH3 is 1. The standard InChI is InChI=1S/C13H20N2O3/c1-3-15(7-8-16)10-13(17)14-11-5-4-6-12(9-11)18-2/h4-6,9,16H,3,7-8,10H2,1-2H3,(H,14,17). The van der Waals surface area contributed by atoms with Crippen LogP contribution in [0.5, 0.6) is 5.75 Å². The number of rotatable bonds is 7. The molecule has 2 N–H and O–H groups in total. The molecule has 1 aromatic carbocycles. The Hall–Kier alpha value is -1.59. The number of ether oxygens (including phenoxy) is 1. The van der Waals surface area contributed by atoms with Crippen molar-refractivity contribution >= 4 is 11.6 Å². The number of hydrogen-bond donors (Lipinski definition) is 2. The van der Waals surface area contributed by atoms with E-state index in [1.807, 2.05) is 30.0 Å². The second kappa shape index (κ2) is 7.68. The van der Waals surface area contributed by atoms with Gasteiger partial charge in [-0.25, -0.2) is 0 Å². The molecule has 0 heterocycles. The molecule has 18 heavy (non-hydrogen) atoms. The van der Waals surface area contributed by atoms with Crippen LogP contribution in [0.4, 0.5) is 5.69 Å². The van der Waals surface area contributed by atoms with Gasteiger partial charge in [0, 0.05) is 18.3 Å². The molecule has 0 atom stereocenters. The Morgan fingerprint density at radius 2 is 2.28 bits per heavy atom. The summed E-state index contributed by atoms with van der Waals surface area (Å²) in [5.74, 6) is 0.606. The maximum atomic E-state index is 11.8. The van der Waals surface area contributed by atoms with E-state index in [4.69, 9.17) is 9.84 Å².